The fraction of sp³-hybridized carbons (Fsp3) is 0.333. The van der Waals surface area contributed by atoms with E-state index >= 15 is 0 Å². The number of aromatic nitrogens is 1. The average molecular weight is 296 g/mol. The van der Waals surface area contributed by atoms with Gasteiger partial charge in [0.2, 0.25) is 0 Å². The fourth-order valence-corrected chi connectivity index (χ4v) is 2.40. The molecule has 0 unspecified atom stereocenters. The van der Waals surface area contributed by atoms with Crippen LogP contribution in [-0.2, 0) is 13.0 Å². The maximum atomic E-state index is 12.6. The van der Waals surface area contributed by atoms with Crippen LogP contribution in [0.4, 0.5) is 0 Å². The molecule has 0 spiro atoms. The molecule has 0 saturated carbocycles. The number of ether oxygens (including phenoxy) is 1. The molecular formula is C18H20N2O2. The van der Waals surface area contributed by atoms with Crippen molar-refractivity contribution in [2.24, 2.45) is 5.92 Å². The van der Waals surface area contributed by atoms with Crippen LogP contribution in [0.15, 0.2) is 41.2 Å². The van der Waals surface area contributed by atoms with Crippen LogP contribution < -0.4 is 10.3 Å². The van der Waals surface area contributed by atoms with Gasteiger partial charge < -0.3 is 9.30 Å². The molecule has 4 nitrogen and oxygen atoms in total. The van der Waals surface area contributed by atoms with Crippen LogP contribution in [0.2, 0.25) is 0 Å². The third-order valence-corrected chi connectivity index (χ3v) is 3.46. The second-order valence-electron chi connectivity index (χ2n) is 5.62. The Morgan fingerprint density at radius 3 is 2.41 bits per heavy atom. The number of rotatable bonds is 5. The minimum absolute atomic E-state index is 0.0800. The molecule has 0 radical (unpaired) electrons. The van der Waals surface area contributed by atoms with Gasteiger partial charge >= 0.3 is 0 Å². The maximum absolute atomic E-state index is 12.6. The highest BCUT2D eigenvalue weighted by Crippen LogP contribution is 2.22. The van der Waals surface area contributed by atoms with Gasteiger partial charge in [0, 0.05) is 12.1 Å². The predicted octanol–water partition coefficient (Wildman–Crippen LogP) is 3.25. The van der Waals surface area contributed by atoms with Gasteiger partial charge in [-0.05, 0) is 41.8 Å². The Hall–Kier alpha value is -2.54. The molecule has 1 aromatic heterocycles. The number of pyridine rings is 1. The van der Waals surface area contributed by atoms with Gasteiger partial charge in [-0.2, -0.15) is 5.26 Å². The third-order valence-electron chi connectivity index (χ3n) is 3.46. The molecule has 114 valence electrons. The van der Waals surface area contributed by atoms with E-state index in [1.54, 1.807) is 17.7 Å². The molecule has 0 aliphatic carbocycles. The third kappa shape index (κ3) is 3.37. The van der Waals surface area contributed by atoms with E-state index in [4.69, 9.17) is 10.00 Å². The Labute approximate surface area is 130 Å². The van der Waals surface area contributed by atoms with Crippen molar-refractivity contribution in [2.45, 2.75) is 26.8 Å². The van der Waals surface area contributed by atoms with Gasteiger partial charge in [-0.3, -0.25) is 4.79 Å². The number of nitriles is 1. The van der Waals surface area contributed by atoms with Crippen LogP contribution in [0, 0.1) is 17.2 Å². The SMILES string of the molecule is COc1ccc(-c2ccc(CC#N)c(=O)n2CC(C)C)cc1. The lowest BCUT2D eigenvalue weighted by atomic mass is 10.1. The van der Waals surface area contributed by atoms with Crippen molar-refractivity contribution < 1.29 is 4.74 Å². The minimum atomic E-state index is -0.0800. The molecule has 0 atom stereocenters. The van der Waals surface area contributed by atoms with Crippen LogP contribution in [-0.4, -0.2) is 11.7 Å². The van der Waals surface area contributed by atoms with E-state index in [0.29, 0.717) is 18.0 Å². The summed E-state index contributed by atoms with van der Waals surface area (Å²) in [5, 5.41) is 8.85. The highest BCUT2D eigenvalue weighted by Gasteiger charge is 2.11. The zero-order valence-corrected chi connectivity index (χ0v) is 13.2. The van der Waals surface area contributed by atoms with E-state index in [-0.39, 0.29) is 12.0 Å². The first kappa shape index (κ1) is 15.8. The Balaban J connectivity index is 2.56. The van der Waals surface area contributed by atoms with Gasteiger partial charge in [-0.25, -0.2) is 0 Å². The molecule has 0 aliphatic rings. The number of hydrogen-bond acceptors (Lipinski definition) is 3. The van der Waals surface area contributed by atoms with Gasteiger partial charge in [-0.1, -0.05) is 19.9 Å². The quantitative estimate of drug-likeness (QED) is 0.851. The van der Waals surface area contributed by atoms with Crippen molar-refractivity contribution in [3.8, 4) is 23.1 Å². The maximum Gasteiger partial charge on any atom is 0.255 e. The molecule has 2 rings (SSSR count). The van der Waals surface area contributed by atoms with Crippen LogP contribution >= 0.6 is 0 Å². The Morgan fingerprint density at radius 1 is 1.18 bits per heavy atom. The molecule has 0 fully saturated rings. The summed E-state index contributed by atoms with van der Waals surface area (Å²) < 4.78 is 6.93. The minimum Gasteiger partial charge on any atom is -0.497 e. The van der Waals surface area contributed by atoms with Gasteiger partial charge in [0.1, 0.15) is 5.75 Å². The van der Waals surface area contributed by atoms with Crippen molar-refractivity contribution >= 4 is 0 Å². The van der Waals surface area contributed by atoms with Crippen molar-refractivity contribution in [3.05, 3.63) is 52.3 Å². The second kappa shape index (κ2) is 6.95. The second-order valence-corrected chi connectivity index (χ2v) is 5.62. The number of hydrogen-bond donors (Lipinski definition) is 0. The monoisotopic (exact) mass is 296 g/mol. The predicted molar refractivity (Wildman–Crippen MR) is 86.8 cm³/mol. The number of benzene rings is 1. The summed E-state index contributed by atoms with van der Waals surface area (Å²) in [6, 6.07) is 13.3. The standard InChI is InChI=1S/C18H20N2O2/c1-13(2)12-20-17(9-6-15(10-11-19)18(20)21)14-4-7-16(22-3)8-5-14/h4-9,13H,10,12H2,1-3H3. The lowest BCUT2D eigenvalue weighted by Crippen LogP contribution is -2.26. The van der Waals surface area contributed by atoms with Gasteiger partial charge in [0.25, 0.3) is 5.56 Å². The molecule has 0 amide bonds. The van der Waals surface area contributed by atoms with Crippen LogP contribution in [0.25, 0.3) is 11.3 Å². The van der Waals surface area contributed by atoms with Crippen molar-refractivity contribution in [1.29, 1.82) is 5.26 Å². The lowest BCUT2D eigenvalue weighted by Gasteiger charge is -2.16. The molecule has 1 aromatic carbocycles. The van der Waals surface area contributed by atoms with Crippen molar-refractivity contribution in [1.82, 2.24) is 4.57 Å². The summed E-state index contributed by atoms with van der Waals surface area (Å²) in [4.78, 5) is 12.6. The molecule has 2 aromatic rings. The lowest BCUT2D eigenvalue weighted by molar-refractivity contribution is 0.415. The Kier molecular flexibility index (Phi) is 5.00. The fourth-order valence-electron chi connectivity index (χ4n) is 2.40. The summed E-state index contributed by atoms with van der Waals surface area (Å²) in [6.07, 6.45) is 0.139. The van der Waals surface area contributed by atoms with Crippen LogP contribution in [0.5, 0.6) is 5.75 Å². The van der Waals surface area contributed by atoms with E-state index in [0.717, 1.165) is 17.0 Å². The first-order valence-electron chi connectivity index (χ1n) is 7.31. The number of nitrogens with zero attached hydrogens (tertiary/aromatic N) is 2. The molecular weight excluding hydrogens is 276 g/mol. The zero-order chi connectivity index (χ0) is 16.1. The first-order valence-corrected chi connectivity index (χ1v) is 7.31. The topological polar surface area (TPSA) is 55.0 Å². The summed E-state index contributed by atoms with van der Waals surface area (Å²) >= 11 is 0. The summed E-state index contributed by atoms with van der Waals surface area (Å²) in [7, 11) is 1.63. The molecule has 0 bridgehead atoms. The Bertz CT molecular complexity index is 737. The molecule has 22 heavy (non-hydrogen) atoms. The molecule has 0 N–H and O–H groups in total. The first-order chi connectivity index (χ1) is 10.6. The number of methoxy groups -OCH3 is 1. The van der Waals surface area contributed by atoms with Gasteiger partial charge in [0.15, 0.2) is 0 Å². The molecule has 0 aliphatic heterocycles. The largest absolute Gasteiger partial charge is 0.497 e. The van der Waals surface area contributed by atoms with Gasteiger partial charge in [-0.15, -0.1) is 0 Å². The van der Waals surface area contributed by atoms with E-state index in [1.807, 2.05) is 36.4 Å². The van der Waals surface area contributed by atoms with Crippen LogP contribution in [0.1, 0.15) is 19.4 Å². The van der Waals surface area contributed by atoms with Crippen LogP contribution in [0.3, 0.4) is 0 Å². The molecule has 4 heteroatoms. The summed E-state index contributed by atoms with van der Waals surface area (Å²) in [5.41, 5.74) is 2.29. The van der Waals surface area contributed by atoms with Crippen molar-refractivity contribution in [2.75, 3.05) is 7.11 Å². The Morgan fingerprint density at radius 2 is 1.86 bits per heavy atom. The van der Waals surface area contributed by atoms with E-state index in [1.165, 1.54) is 0 Å². The van der Waals surface area contributed by atoms with E-state index in [2.05, 4.69) is 13.8 Å². The van der Waals surface area contributed by atoms with E-state index < -0.39 is 0 Å². The zero-order valence-electron chi connectivity index (χ0n) is 13.2. The highest BCUT2D eigenvalue weighted by atomic mass is 16.5. The summed E-state index contributed by atoms with van der Waals surface area (Å²) in [6.45, 7) is 4.77. The van der Waals surface area contributed by atoms with Crippen molar-refractivity contribution in [3.63, 3.8) is 0 Å². The van der Waals surface area contributed by atoms with E-state index in [9.17, 15) is 4.79 Å². The normalized spacial score (nSPS) is 10.5. The molecule has 0 saturated heterocycles. The average Bonchev–Trinajstić information content (AvgIpc) is 2.51. The smallest absolute Gasteiger partial charge is 0.255 e. The molecule has 1 heterocycles. The summed E-state index contributed by atoms with van der Waals surface area (Å²) in [5.74, 6) is 1.12. The van der Waals surface area contributed by atoms with Gasteiger partial charge in [0.05, 0.1) is 25.3 Å². The highest BCUT2D eigenvalue weighted by molar-refractivity contribution is 5.61.